The van der Waals surface area contributed by atoms with Crippen LogP contribution in [0.1, 0.15) is 6.92 Å². The van der Waals surface area contributed by atoms with Crippen molar-refractivity contribution in [1.82, 2.24) is 4.98 Å². The molecule has 0 fully saturated rings. The van der Waals surface area contributed by atoms with E-state index >= 15 is 0 Å². The number of hydrogen-bond donors (Lipinski definition) is 1. The lowest BCUT2D eigenvalue weighted by molar-refractivity contribution is 0.415. The topological polar surface area (TPSA) is 34.2 Å². The monoisotopic (exact) mass is 314 g/mol. The smallest absolute Gasteiger partial charge is 0.145 e. The third-order valence-electron chi connectivity index (χ3n) is 2.69. The molecule has 0 saturated carbocycles. The molecule has 2 rings (SSSR count). The van der Waals surface area contributed by atoms with E-state index < -0.39 is 5.82 Å². The Morgan fingerprint density at radius 2 is 2.00 bits per heavy atom. The number of aromatic nitrogens is 1. The van der Waals surface area contributed by atoms with Crippen LogP contribution in [0, 0.1) is 5.82 Å². The Kier molecular flexibility index (Phi) is 4.68. The van der Waals surface area contributed by atoms with Crippen molar-refractivity contribution >= 4 is 29.0 Å². The van der Waals surface area contributed by atoms with Crippen LogP contribution in [0.4, 0.5) is 10.2 Å². The van der Waals surface area contributed by atoms with Gasteiger partial charge in [-0.2, -0.15) is 0 Å². The molecule has 0 spiro atoms. The Hall–Kier alpha value is -1.52. The van der Waals surface area contributed by atoms with Crippen molar-refractivity contribution in [2.75, 3.05) is 19.0 Å². The first kappa shape index (κ1) is 14.9. The van der Waals surface area contributed by atoms with Gasteiger partial charge >= 0.3 is 0 Å². The molecule has 106 valence electrons. The normalized spacial score (nSPS) is 10.4. The fourth-order valence-corrected chi connectivity index (χ4v) is 2.34. The molecular weight excluding hydrogens is 302 g/mol. The molecule has 0 unspecified atom stereocenters. The highest BCUT2D eigenvalue weighted by Crippen LogP contribution is 2.37. The highest BCUT2D eigenvalue weighted by molar-refractivity contribution is 6.37. The van der Waals surface area contributed by atoms with Gasteiger partial charge in [-0.3, -0.25) is 0 Å². The SMILES string of the molecule is CCNc1nc(-c2cc(F)ccc2OC)c(Cl)cc1Cl. The molecule has 0 aliphatic carbocycles. The summed E-state index contributed by atoms with van der Waals surface area (Å²) in [6.07, 6.45) is 0. The van der Waals surface area contributed by atoms with E-state index in [9.17, 15) is 4.39 Å². The molecule has 2 aromatic rings. The van der Waals surface area contributed by atoms with Gasteiger partial charge in [0.25, 0.3) is 0 Å². The van der Waals surface area contributed by atoms with Crippen molar-refractivity contribution in [2.24, 2.45) is 0 Å². The summed E-state index contributed by atoms with van der Waals surface area (Å²) in [4.78, 5) is 4.36. The zero-order chi connectivity index (χ0) is 14.7. The van der Waals surface area contributed by atoms with Crippen molar-refractivity contribution in [3.63, 3.8) is 0 Å². The Bertz CT molecular complexity index is 635. The molecule has 0 aliphatic heterocycles. The Morgan fingerprint density at radius 3 is 2.65 bits per heavy atom. The van der Waals surface area contributed by atoms with Gasteiger partial charge in [-0.15, -0.1) is 0 Å². The van der Waals surface area contributed by atoms with Gasteiger partial charge in [-0.05, 0) is 31.2 Å². The fraction of sp³-hybridized carbons (Fsp3) is 0.214. The maximum absolute atomic E-state index is 13.5. The number of methoxy groups -OCH3 is 1. The number of hydrogen-bond acceptors (Lipinski definition) is 3. The standard InChI is InChI=1S/C14H13Cl2FN2O/c1-3-18-14-11(16)7-10(15)13(19-14)9-6-8(17)4-5-12(9)20-2/h4-7H,3H2,1-2H3,(H,18,19). The first-order chi connectivity index (χ1) is 9.56. The van der Waals surface area contributed by atoms with E-state index in [1.54, 1.807) is 6.07 Å². The number of benzene rings is 1. The van der Waals surface area contributed by atoms with Gasteiger partial charge < -0.3 is 10.1 Å². The predicted octanol–water partition coefficient (Wildman–Crippen LogP) is 4.63. The molecule has 1 N–H and O–H groups in total. The molecule has 0 saturated heterocycles. The van der Waals surface area contributed by atoms with E-state index in [-0.39, 0.29) is 0 Å². The van der Waals surface area contributed by atoms with Crippen LogP contribution in [0.2, 0.25) is 10.0 Å². The molecule has 6 heteroatoms. The Morgan fingerprint density at radius 1 is 1.25 bits per heavy atom. The molecule has 0 amide bonds. The van der Waals surface area contributed by atoms with Crippen LogP contribution in [0.5, 0.6) is 5.75 Å². The van der Waals surface area contributed by atoms with E-state index in [2.05, 4.69) is 10.3 Å². The summed E-state index contributed by atoms with van der Waals surface area (Å²) in [6, 6.07) is 5.76. The minimum absolute atomic E-state index is 0.334. The maximum atomic E-state index is 13.5. The van der Waals surface area contributed by atoms with Gasteiger partial charge in [-0.1, -0.05) is 23.2 Å². The van der Waals surface area contributed by atoms with Crippen molar-refractivity contribution in [2.45, 2.75) is 6.92 Å². The predicted molar refractivity (Wildman–Crippen MR) is 80.4 cm³/mol. The molecule has 3 nitrogen and oxygen atoms in total. The molecule has 1 aromatic heterocycles. The lowest BCUT2D eigenvalue weighted by atomic mass is 10.1. The lowest BCUT2D eigenvalue weighted by Crippen LogP contribution is -2.02. The lowest BCUT2D eigenvalue weighted by Gasteiger charge is -2.12. The number of ether oxygens (including phenoxy) is 1. The van der Waals surface area contributed by atoms with E-state index in [0.29, 0.717) is 39.4 Å². The zero-order valence-corrected chi connectivity index (χ0v) is 12.5. The van der Waals surface area contributed by atoms with Crippen molar-refractivity contribution in [1.29, 1.82) is 0 Å². The van der Waals surface area contributed by atoms with Crippen LogP contribution < -0.4 is 10.1 Å². The van der Waals surface area contributed by atoms with Crippen LogP contribution in [0.3, 0.4) is 0 Å². The molecule has 0 radical (unpaired) electrons. The largest absolute Gasteiger partial charge is 0.496 e. The summed E-state index contributed by atoms with van der Waals surface area (Å²) in [5.41, 5.74) is 0.900. The average molecular weight is 315 g/mol. The summed E-state index contributed by atoms with van der Waals surface area (Å²) < 4.78 is 18.7. The van der Waals surface area contributed by atoms with Crippen LogP contribution in [0.15, 0.2) is 24.3 Å². The summed E-state index contributed by atoms with van der Waals surface area (Å²) in [7, 11) is 1.51. The van der Waals surface area contributed by atoms with Crippen LogP contribution in [-0.4, -0.2) is 18.6 Å². The zero-order valence-electron chi connectivity index (χ0n) is 11.0. The highest BCUT2D eigenvalue weighted by Gasteiger charge is 2.15. The van der Waals surface area contributed by atoms with Gasteiger partial charge in [0.15, 0.2) is 0 Å². The summed E-state index contributed by atoms with van der Waals surface area (Å²) in [6.45, 7) is 2.59. The number of rotatable bonds is 4. The van der Waals surface area contributed by atoms with Gasteiger partial charge in [0, 0.05) is 12.1 Å². The number of nitrogens with one attached hydrogen (secondary N) is 1. The van der Waals surface area contributed by atoms with E-state index in [0.717, 1.165) is 0 Å². The number of halogens is 3. The second-order valence-electron chi connectivity index (χ2n) is 4.02. The van der Waals surface area contributed by atoms with Crippen LogP contribution in [0.25, 0.3) is 11.3 Å². The third kappa shape index (κ3) is 2.97. The number of pyridine rings is 1. The minimum atomic E-state index is -0.390. The van der Waals surface area contributed by atoms with Crippen molar-refractivity contribution < 1.29 is 9.13 Å². The second-order valence-corrected chi connectivity index (χ2v) is 4.84. The molecular formula is C14H13Cl2FN2O. The van der Waals surface area contributed by atoms with Gasteiger partial charge in [0.1, 0.15) is 17.4 Å². The summed E-state index contributed by atoms with van der Waals surface area (Å²) >= 11 is 12.2. The number of anilines is 1. The molecule has 0 aliphatic rings. The summed E-state index contributed by atoms with van der Waals surface area (Å²) in [5, 5.41) is 3.78. The second kappa shape index (κ2) is 6.29. The van der Waals surface area contributed by atoms with Crippen LogP contribution in [-0.2, 0) is 0 Å². The quantitative estimate of drug-likeness (QED) is 0.893. The van der Waals surface area contributed by atoms with Gasteiger partial charge in [0.2, 0.25) is 0 Å². The Balaban J connectivity index is 2.62. The average Bonchev–Trinajstić information content (AvgIpc) is 2.42. The molecule has 0 atom stereocenters. The summed E-state index contributed by atoms with van der Waals surface area (Å²) in [5.74, 6) is 0.601. The van der Waals surface area contributed by atoms with Crippen molar-refractivity contribution in [3.8, 4) is 17.0 Å². The van der Waals surface area contributed by atoms with Crippen molar-refractivity contribution in [3.05, 3.63) is 40.1 Å². The minimum Gasteiger partial charge on any atom is -0.496 e. The molecule has 0 bridgehead atoms. The van der Waals surface area contributed by atoms with E-state index in [4.69, 9.17) is 27.9 Å². The Labute approximate surface area is 126 Å². The molecule has 1 aromatic carbocycles. The van der Waals surface area contributed by atoms with Gasteiger partial charge in [-0.25, -0.2) is 9.37 Å². The first-order valence-electron chi connectivity index (χ1n) is 6.00. The van der Waals surface area contributed by atoms with E-state index in [1.165, 1.54) is 25.3 Å². The fourth-order valence-electron chi connectivity index (χ4n) is 1.81. The number of nitrogens with zero attached hydrogens (tertiary/aromatic N) is 1. The molecule has 1 heterocycles. The van der Waals surface area contributed by atoms with Gasteiger partial charge in [0.05, 0.1) is 22.8 Å². The third-order valence-corrected chi connectivity index (χ3v) is 3.27. The molecule has 20 heavy (non-hydrogen) atoms. The maximum Gasteiger partial charge on any atom is 0.145 e. The first-order valence-corrected chi connectivity index (χ1v) is 6.76. The van der Waals surface area contributed by atoms with Crippen LogP contribution >= 0.6 is 23.2 Å². The highest BCUT2D eigenvalue weighted by atomic mass is 35.5. The van der Waals surface area contributed by atoms with E-state index in [1.807, 2.05) is 6.92 Å².